The molecule has 0 spiro atoms. The topological polar surface area (TPSA) is 25.8 Å². The zero-order valence-electron chi connectivity index (χ0n) is 31.9. The second-order valence-electron chi connectivity index (χ2n) is 15.3. The summed E-state index contributed by atoms with van der Waals surface area (Å²) in [5.41, 5.74) is 13.5. The lowest BCUT2D eigenvalue weighted by Gasteiger charge is -2.13. The number of hydrogen-bond acceptors (Lipinski definition) is 3. The molecule has 0 aliphatic carbocycles. The predicted molar refractivity (Wildman–Crippen MR) is 252 cm³/mol. The van der Waals surface area contributed by atoms with Crippen molar-refractivity contribution in [3.05, 3.63) is 206 Å². The average Bonchev–Trinajstić information content (AvgIpc) is 3.70. The Morgan fingerprint density at radius 3 is 1.46 bits per heavy atom. The highest BCUT2D eigenvalue weighted by atomic mass is 32.1. The first-order chi connectivity index (χ1) is 29.2. The number of nitrogens with zero attached hydrogens (tertiary/aromatic N) is 2. The predicted octanol–water partition coefficient (Wildman–Crippen LogP) is 15.8. The van der Waals surface area contributed by atoms with Crippen LogP contribution in [0.15, 0.2) is 206 Å². The van der Waals surface area contributed by atoms with Crippen molar-refractivity contribution in [3.63, 3.8) is 0 Å². The fourth-order valence-corrected chi connectivity index (χ4v) is 10.3. The molecule has 2 heterocycles. The van der Waals surface area contributed by atoms with E-state index in [-0.39, 0.29) is 0 Å². The van der Waals surface area contributed by atoms with Crippen LogP contribution in [-0.2, 0) is 0 Å². The van der Waals surface area contributed by atoms with Crippen molar-refractivity contribution < 1.29 is 0 Å². The molecule has 3 heteroatoms. The van der Waals surface area contributed by atoms with E-state index in [4.69, 9.17) is 9.97 Å². The van der Waals surface area contributed by atoms with E-state index in [2.05, 4.69) is 200 Å². The molecule has 0 fully saturated rings. The maximum atomic E-state index is 5.28. The summed E-state index contributed by atoms with van der Waals surface area (Å²) in [5.74, 6) is 0. The van der Waals surface area contributed by atoms with Crippen molar-refractivity contribution in [2.24, 2.45) is 0 Å². The monoisotopic (exact) mass is 766 g/mol. The summed E-state index contributed by atoms with van der Waals surface area (Å²) in [6.07, 6.45) is 1.93. The van der Waals surface area contributed by atoms with Gasteiger partial charge < -0.3 is 0 Å². The lowest BCUT2D eigenvalue weighted by Crippen LogP contribution is -1.92. The van der Waals surface area contributed by atoms with Crippen molar-refractivity contribution in [2.75, 3.05) is 0 Å². The second-order valence-corrected chi connectivity index (χ2v) is 16.3. The van der Waals surface area contributed by atoms with Crippen LogP contribution in [0.1, 0.15) is 0 Å². The van der Waals surface area contributed by atoms with Crippen molar-refractivity contribution in [1.82, 2.24) is 9.97 Å². The van der Waals surface area contributed by atoms with Gasteiger partial charge in [-0.1, -0.05) is 188 Å². The molecule has 0 bridgehead atoms. The van der Waals surface area contributed by atoms with Crippen LogP contribution < -0.4 is 0 Å². The van der Waals surface area contributed by atoms with Crippen LogP contribution in [0, 0.1) is 0 Å². The van der Waals surface area contributed by atoms with E-state index < -0.39 is 0 Å². The van der Waals surface area contributed by atoms with E-state index in [9.17, 15) is 0 Å². The van der Waals surface area contributed by atoms with Crippen LogP contribution in [0.25, 0.3) is 119 Å². The maximum absolute atomic E-state index is 5.28. The average molecular weight is 767 g/mol. The lowest BCUT2D eigenvalue weighted by atomic mass is 9.91. The highest BCUT2D eigenvalue weighted by Gasteiger charge is 2.15. The van der Waals surface area contributed by atoms with Crippen molar-refractivity contribution in [3.8, 4) is 55.8 Å². The molecule has 2 aromatic heterocycles. The normalized spacial score (nSPS) is 11.7. The molecule has 0 unspecified atom stereocenters. The Bertz CT molecular complexity index is 3560. The van der Waals surface area contributed by atoms with Crippen LogP contribution >= 0.6 is 11.3 Å². The van der Waals surface area contributed by atoms with Gasteiger partial charge in [-0.3, -0.25) is 4.98 Å². The molecule has 0 saturated carbocycles. The fourth-order valence-electron chi connectivity index (χ4n) is 9.08. The number of thiophene rings is 1. The minimum absolute atomic E-state index is 0.865. The lowest BCUT2D eigenvalue weighted by molar-refractivity contribution is 1.31. The Balaban J connectivity index is 0.868. The maximum Gasteiger partial charge on any atom is 0.0979 e. The van der Waals surface area contributed by atoms with Gasteiger partial charge in [-0.2, -0.15) is 0 Å². The molecular weight excluding hydrogens is 733 g/mol. The van der Waals surface area contributed by atoms with Crippen LogP contribution in [0.4, 0.5) is 0 Å². The highest BCUT2D eigenvalue weighted by Crippen LogP contribution is 2.41. The van der Waals surface area contributed by atoms with Crippen LogP contribution in [0.2, 0.25) is 0 Å². The summed E-state index contributed by atoms with van der Waals surface area (Å²) in [5, 5.41) is 9.76. The molecule has 274 valence electrons. The van der Waals surface area contributed by atoms with Gasteiger partial charge in [0.1, 0.15) is 0 Å². The van der Waals surface area contributed by atoms with Gasteiger partial charge in [-0.25, -0.2) is 4.98 Å². The Kier molecular flexibility index (Phi) is 7.75. The van der Waals surface area contributed by atoms with E-state index in [1.165, 1.54) is 80.7 Å². The molecule has 0 radical (unpaired) electrons. The van der Waals surface area contributed by atoms with Crippen molar-refractivity contribution in [1.29, 1.82) is 0 Å². The molecule has 0 aliphatic heterocycles. The quantitative estimate of drug-likeness (QED) is 0.163. The molecule has 59 heavy (non-hydrogen) atoms. The third kappa shape index (κ3) is 5.55. The molecule has 0 amide bonds. The van der Waals surface area contributed by atoms with E-state index in [1.54, 1.807) is 0 Å². The van der Waals surface area contributed by atoms with E-state index in [1.807, 2.05) is 17.5 Å². The Morgan fingerprint density at radius 2 is 0.780 bits per heavy atom. The number of hydrogen-bond donors (Lipinski definition) is 0. The molecule has 12 aromatic rings. The minimum Gasteiger partial charge on any atom is -0.252 e. The summed E-state index contributed by atoms with van der Waals surface area (Å²) < 4.78 is 2.68. The van der Waals surface area contributed by atoms with Gasteiger partial charge >= 0.3 is 0 Å². The molecular formula is C56H34N2S. The molecule has 0 saturated heterocycles. The molecule has 0 atom stereocenters. The molecule has 2 nitrogen and oxygen atoms in total. The first kappa shape index (κ1) is 33.7. The standard InChI is InChI=1S/C56H34N2S/c1-3-16-49-46(13-1)47-14-2-4-17-50(47)55-54(49)57-34-52(58-55)40-12-7-11-39(33-40)42-19-9-21-44-41(18-8-22-45(42)44)37-29-25-35(26-30-37)36-27-31-38(32-28-36)43-20-10-23-51-48-15-5-6-24-53(48)59-56(43)51/h1-34H. The van der Waals surface area contributed by atoms with Crippen LogP contribution in [0.3, 0.4) is 0 Å². The summed E-state index contributed by atoms with van der Waals surface area (Å²) in [6, 6.07) is 72.5. The van der Waals surface area contributed by atoms with Crippen molar-refractivity contribution >= 4 is 74.9 Å². The third-order valence-electron chi connectivity index (χ3n) is 11.9. The van der Waals surface area contributed by atoms with Gasteiger partial charge in [0.05, 0.1) is 22.9 Å². The smallest absolute Gasteiger partial charge is 0.0979 e. The Labute approximate surface area is 345 Å². The SMILES string of the molecule is c1cc(-c2cnc3c4ccccc4c4ccccc4c3n2)cc(-c2cccc3c(-c4ccc(-c5ccc(-c6cccc7c6sc6ccccc67)cc5)cc4)cccc23)c1. The summed E-state index contributed by atoms with van der Waals surface area (Å²) in [4.78, 5) is 10.3. The van der Waals surface area contributed by atoms with E-state index in [0.29, 0.717) is 0 Å². The van der Waals surface area contributed by atoms with Gasteiger partial charge in [0.15, 0.2) is 0 Å². The van der Waals surface area contributed by atoms with E-state index in [0.717, 1.165) is 38.6 Å². The second kappa shape index (κ2) is 13.6. The van der Waals surface area contributed by atoms with E-state index >= 15 is 0 Å². The Morgan fingerprint density at radius 1 is 0.305 bits per heavy atom. The summed E-state index contributed by atoms with van der Waals surface area (Å²) in [6.45, 7) is 0. The number of aromatic nitrogens is 2. The molecule has 0 N–H and O–H groups in total. The summed E-state index contributed by atoms with van der Waals surface area (Å²) in [7, 11) is 0. The van der Waals surface area contributed by atoms with Gasteiger partial charge in [0.2, 0.25) is 0 Å². The first-order valence-electron chi connectivity index (χ1n) is 20.1. The molecule has 0 aliphatic rings. The fraction of sp³-hybridized carbons (Fsp3) is 0. The number of rotatable bonds is 5. The first-order valence-corrected chi connectivity index (χ1v) is 20.9. The largest absolute Gasteiger partial charge is 0.252 e. The highest BCUT2D eigenvalue weighted by molar-refractivity contribution is 7.26. The van der Waals surface area contributed by atoms with Gasteiger partial charge in [0.25, 0.3) is 0 Å². The zero-order chi connectivity index (χ0) is 38.9. The van der Waals surface area contributed by atoms with Crippen molar-refractivity contribution in [2.45, 2.75) is 0 Å². The summed E-state index contributed by atoms with van der Waals surface area (Å²) >= 11 is 1.88. The minimum atomic E-state index is 0.865. The molecule has 10 aromatic carbocycles. The van der Waals surface area contributed by atoms with Gasteiger partial charge in [0, 0.05) is 36.5 Å². The Hall–Kier alpha value is -7.46. The third-order valence-corrected chi connectivity index (χ3v) is 13.2. The van der Waals surface area contributed by atoms with Gasteiger partial charge in [-0.05, 0) is 78.2 Å². The van der Waals surface area contributed by atoms with Crippen LogP contribution in [-0.4, -0.2) is 9.97 Å². The number of fused-ring (bicyclic) bond motifs is 10. The zero-order valence-corrected chi connectivity index (χ0v) is 32.7. The van der Waals surface area contributed by atoms with Crippen LogP contribution in [0.5, 0.6) is 0 Å². The number of benzene rings is 10. The molecule has 12 rings (SSSR count). The van der Waals surface area contributed by atoms with Gasteiger partial charge in [-0.15, -0.1) is 11.3 Å².